The summed E-state index contributed by atoms with van der Waals surface area (Å²) in [4.78, 5) is 0. The summed E-state index contributed by atoms with van der Waals surface area (Å²) in [6, 6.07) is 5.88. The fourth-order valence-corrected chi connectivity index (χ4v) is 4.70. The van der Waals surface area contributed by atoms with Crippen molar-refractivity contribution < 1.29 is 22.8 Å². The predicted molar refractivity (Wildman–Crippen MR) is 140 cm³/mol. The largest absolute Gasteiger partial charge is 0.497 e. The molecule has 3 aromatic rings. The minimum absolute atomic E-state index is 0.0269. The van der Waals surface area contributed by atoms with Gasteiger partial charge in [-0.05, 0) is 39.8 Å². The van der Waals surface area contributed by atoms with Gasteiger partial charge in [-0.1, -0.05) is 31.8 Å². The molecule has 194 valence electrons. The highest BCUT2D eigenvalue weighted by Crippen LogP contribution is 2.38. The lowest BCUT2D eigenvalue weighted by molar-refractivity contribution is 0.00578. The van der Waals surface area contributed by atoms with Crippen LogP contribution in [-0.4, -0.2) is 52.6 Å². The SMILES string of the molecule is Cn1nccc1-c1nn(COCC[Si](C)(C)C)cc1-c1ccc(B2OC(C)(C)C(C)(C)O2)c(F)c1F. The van der Waals surface area contributed by atoms with Crippen LogP contribution in [0.2, 0.25) is 25.7 Å². The van der Waals surface area contributed by atoms with Gasteiger partial charge in [0.15, 0.2) is 11.6 Å². The molecule has 0 unspecified atom stereocenters. The molecule has 1 aromatic carbocycles. The zero-order valence-electron chi connectivity index (χ0n) is 22.4. The van der Waals surface area contributed by atoms with Crippen LogP contribution < -0.4 is 5.46 Å². The Morgan fingerprint density at radius 3 is 2.25 bits per heavy atom. The zero-order valence-corrected chi connectivity index (χ0v) is 23.4. The Morgan fingerprint density at radius 2 is 1.67 bits per heavy atom. The van der Waals surface area contributed by atoms with Crippen molar-refractivity contribution in [2.45, 2.75) is 71.3 Å². The van der Waals surface area contributed by atoms with Crippen molar-refractivity contribution in [3.8, 4) is 22.5 Å². The van der Waals surface area contributed by atoms with Crippen molar-refractivity contribution in [2.24, 2.45) is 7.05 Å². The first-order valence-corrected chi connectivity index (χ1v) is 15.9. The normalized spacial score (nSPS) is 17.2. The summed E-state index contributed by atoms with van der Waals surface area (Å²) in [5.74, 6) is -1.98. The van der Waals surface area contributed by atoms with E-state index in [1.807, 2.05) is 27.7 Å². The second-order valence-corrected chi connectivity index (χ2v) is 17.2. The van der Waals surface area contributed by atoms with Gasteiger partial charge in [0.1, 0.15) is 12.4 Å². The minimum Gasteiger partial charge on any atom is -0.399 e. The van der Waals surface area contributed by atoms with Crippen molar-refractivity contribution in [3.05, 3.63) is 42.2 Å². The standard InChI is InChI=1S/C25H35BF2N4O3Si/c1-24(2)25(3,4)35-26(34-24)19-10-9-17(21(27)22(19)28)18-15-32(16-33-13-14-36(6,7)8)30-23(18)20-11-12-29-31(20)5/h9-12,15H,13-14,16H2,1-8H3. The number of aryl methyl sites for hydroxylation is 1. The highest BCUT2D eigenvalue weighted by molar-refractivity contribution is 6.76. The molecule has 0 amide bonds. The van der Waals surface area contributed by atoms with E-state index in [4.69, 9.17) is 14.0 Å². The topological polar surface area (TPSA) is 63.3 Å². The molecule has 0 N–H and O–H groups in total. The summed E-state index contributed by atoms with van der Waals surface area (Å²) in [6.07, 6.45) is 3.32. The molecule has 0 atom stereocenters. The minimum atomic E-state index is -1.23. The first-order chi connectivity index (χ1) is 16.7. The van der Waals surface area contributed by atoms with E-state index in [0.717, 1.165) is 6.04 Å². The van der Waals surface area contributed by atoms with E-state index in [9.17, 15) is 0 Å². The molecule has 0 spiro atoms. The molecule has 36 heavy (non-hydrogen) atoms. The van der Waals surface area contributed by atoms with Gasteiger partial charge in [-0.2, -0.15) is 10.2 Å². The van der Waals surface area contributed by atoms with E-state index in [-0.39, 0.29) is 17.8 Å². The van der Waals surface area contributed by atoms with E-state index < -0.39 is 38.0 Å². The number of hydrogen-bond donors (Lipinski definition) is 0. The first kappa shape index (κ1) is 26.7. The second kappa shape index (κ2) is 9.51. The van der Waals surface area contributed by atoms with E-state index in [2.05, 4.69) is 29.8 Å². The highest BCUT2D eigenvalue weighted by atomic mass is 28.3. The lowest BCUT2D eigenvalue weighted by Crippen LogP contribution is -2.41. The maximum absolute atomic E-state index is 15.6. The Morgan fingerprint density at radius 1 is 1.00 bits per heavy atom. The van der Waals surface area contributed by atoms with Crippen molar-refractivity contribution >= 4 is 20.7 Å². The average Bonchev–Trinajstić information content (AvgIpc) is 3.42. The second-order valence-electron chi connectivity index (χ2n) is 11.5. The summed E-state index contributed by atoms with van der Waals surface area (Å²) < 4.78 is 52.0. The van der Waals surface area contributed by atoms with Crippen LogP contribution in [0.5, 0.6) is 0 Å². The van der Waals surface area contributed by atoms with Gasteiger partial charge in [0.25, 0.3) is 0 Å². The summed E-state index contributed by atoms with van der Waals surface area (Å²) in [5.41, 5.74) is 0.414. The summed E-state index contributed by atoms with van der Waals surface area (Å²) in [5, 5.41) is 8.85. The van der Waals surface area contributed by atoms with Gasteiger partial charge in [0.05, 0.1) is 16.9 Å². The molecule has 0 radical (unpaired) electrons. The van der Waals surface area contributed by atoms with E-state index in [0.29, 0.717) is 23.6 Å². The van der Waals surface area contributed by atoms with Gasteiger partial charge in [0.2, 0.25) is 0 Å². The van der Waals surface area contributed by atoms with Crippen LogP contribution in [0, 0.1) is 11.6 Å². The summed E-state index contributed by atoms with van der Waals surface area (Å²) >= 11 is 0. The van der Waals surface area contributed by atoms with Crippen molar-refractivity contribution in [2.75, 3.05) is 6.61 Å². The average molecular weight is 516 g/mol. The van der Waals surface area contributed by atoms with Crippen LogP contribution in [-0.2, 0) is 27.8 Å². The van der Waals surface area contributed by atoms with Crippen LogP contribution in [0.1, 0.15) is 27.7 Å². The van der Waals surface area contributed by atoms with Gasteiger partial charge >= 0.3 is 7.12 Å². The highest BCUT2D eigenvalue weighted by Gasteiger charge is 2.52. The quantitative estimate of drug-likeness (QED) is 0.317. The number of halogens is 2. The maximum atomic E-state index is 15.6. The maximum Gasteiger partial charge on any atom is 0.497 e. The molecular weight excluding hydrogens is 481 g/mol. The van der Waals surface area contributed by atoms with Crippen LogP contribution in [0.25, 0.3) is 22.5 Å². The lowest BCUT2D eigenvalue weighted by atomic mass is 9.77. The molecule has 4 rings (SSSR count). The molecule has 2 aromatic heterocycles. The third kappa shape index (κ3) is 5.20. The van der Waals surface area contributed by atoms with Crippen molar-refractivity contribution in [1.29, 1.82) is 0 Å². The smallest absolute Gasteiger partial charge is 0.399 e. The molecule has 3 heterocycles. The third-order valence-electron chi connectivity index (χ3n) is 6.95. The lowest BCUT2D eigenvalue weighted by Gasteiger charge is -2.32. The summed E-state index contributed by atoms with van der Waals surface area (Å²) in [6.45, 7) is 15.2. The molecule has 0 bridgehead atoms. The van der Waals surface area contributed by atoms with Crippen LogP contribution in [0.4, 0.5) is 8.78 Å². The van der Waals surface area contributed by atoms with Gasteiger partial charge < -0.3 is 14.0 Å². The first-order valence-electron chi connectivity index (χ1n) is 12.2. The van der Waals surface area contributed by atoms with Gasteiger partial charge in [0, 0.05) is 50.7 Å². The number of benzene rings is 1. The zero-order chi connectivity index (χ0) is 26.5. The Hall–Kier alpha value is -2.34. The van der Waals surface area contributed by atoms with E-state index >= 15 is 8.78 Å². The van der Waals surface area contributed by atoms with Crippen molar-refractivity contribution in [3.63, 3.8) is 0 Å². The molecule has 7 nitrogen and oxygen atoms in total. The van der Waals surface area contributed by atoms with Crippen LogP contribution in [0.15, 0.2) is 30.6 Å². The molecule has 0 aliphatic carbocycles. The monoisotopic (exact) mass is 516 g/mol. The predicted octanol–water partition coefficient (Wildman–Crippen LogP) is 4.84. The number of nitrogens with zero attached hydrogens (tertiary/aromatic N) is 4. The van der Waals surface area contributed by atoms with Gasteiger partial charge in [-0.3, -0.25) is 4.68 Å². The molecule has 11 heteroatoms. The van der Waals surface area contributed by atoms with E-state index in [1.54, 1.807) is 40.9 Å². The number of rotatable bonds is 8. The molecule has 1 aliphatic heterocycles. The van der Waals surface area contributed by atoms with Gasteiger partial charge in [-0.15, -0.1) is 0 Å². The number of hydrogen-bond acceptors (Lipinski definition) is 5. The van der Waals surface area contributed by atoms with Crippen molar-refractivity contribution in [1.82, 2.24) is 19.6 Å². The van der Waals surface area contributed by atoms with E-state index in [1.165, 1.54) is 6.07 Å². The number of ether oxygens (including phenoxy) is 1. The van der Waals surface area contributed by atoms with Crippen LogP contribution >= 0.6 is 0 Å². The molecule has 1 saturated heterocycles. The summed E-state index contributed by atoms with van der Waals surface area (Å²) in [7, 11) is -0.455. The third-order valence-corrected chi connectivity index (χ3v) is 8.66. The molecule has 0 saturated carbocycles. The Labute approximate surface area is 212 Å². The van der Waals surface area contributed by atoms with Gasteiger partial charge in [-0.25, -0.2) is 13.5 Å². The molecular formula is C25H35BF2N4O3Si. The molecule has 1 aliphatic rings. The fraction of sp³-hybridized carbons (Fsp3) is 0.520. The Balaban J connectivity index is 1.68. The van der Waals surface area contributed by atoms with Crippen LogP contribution in [0.3, 0.4) is 0 Å². The molecule has 1 fully saturated rings. The number of aromatic nitrogens is 4. The Kier molecular flexibility index (Phi) is 7.06. The Bertz CT molecular complexity index is 1240. The fourth-order valence-electron chi connectivity index (χ4n) is 3.94.